The molecule has 0 spiro atoms. The summed E-state index contributed by atoms with van der Waals surface area (Å²) in [6, 6.07) is 1.92. The summed E-state index contributed by atoms with van der Waals surface area (Å²) in [7, 11) is 0. The first-order valence-electron chi connectivity index (χ1n) is 2.89. The van der Waals surface area contributed by atoms with Crippen LogP contribution in [0.15, 0.2) is 18.5 Å². The molecule has 50 valence electrons. The van der Waals surface area contributed by atoms with Crippen LogP contribution >= 0.6 is 12.2 Å². The third-order valence-corrected chi connectivity index (χ3v) is 1.54. The Kier molecular flexibility index (Phi) is 1.07. The van der Waals surface area contributed by atoms with E-state index in [4.69, 9.17) is 12.2 Å². The van der Waals surface area contributed by atoms with Crippen LogP contribution in [0.3, 0.4) is 0 Å². The molecule has 0 unspecified atom stereocenters. The maximum atomic E-state index is 4.82. The quantitative estimate of drug-likeness (QED) is 0.562. The molecule has 0 amide bonds. The van der Waals surface area contributed by atoms with Gasteiger partial charge in [0, 0.05) is 6.20 Å². The van der Waals surface area contributed by atoms with Crippen molar-refractivity contribution < 1.29 is 0 Å². The fourth-order valence-electron chi connectivity index (χ4n) is 0.869. The van der Waals surface area contributed by atoms with E-state index in [9.17, 15) is 0 Å². The van der Waals surface area contributed by atoms with Crippen LogP contribution in [0.2, 0.25) is 0 Å². The Bertz CT molecular complexity index is 400. The Hall–Kier alpha value is -1.16. The van der Waals surface area contributed by atoms with E-state index in [0.717, 1.165) is 11.0 Å². The van der Waals surface area contributed by atoms with Gasteiger partial charge in [0.15, 0.2) is 4.77 Å². The van der Waals surface area contributed by atoms with Gasteiger partial charge in [-0.2, -0.15) is 0 Å². The minimum absolute atomic E-state index is 0.520. The molecule has 0 aliphatic heterocycles. The molecule has 0 saturated heterocycles. The van der Waals surface area contributed by atoms with Gasteiger partial charge in [0.05, 0.1) is 17.2 Å². The predicted molar refractivity (Wildman–Crippen MR) is 41.3 cm³/mol. The molecule has 10 heavy (non-hydrogen) atoms. The van der Waals surface area contributed by atoms with Gasteiger partial charge in [-0.1, -0.05) is 0 Å². The molecule has 3 nitrogen and oxygen atoms in total. The van der Waals surface area contributed by atoms with Crippen molar-refractivity contribution in [1.82, 2.24) is 15.0 Å². The highest BCUT2D eigenvalue weighted by molar-refractivity contribution is 7.71. The smallest absolute Gasteiger partial charge is 0.197 e. The summed E-state index contributed by atoms with van der Waals surface area (Å²) < 4.78 is 0.520. The lowest BCUT2D eigenvalue weighted by atomic mass is 10.5. The number of aromatic amines is 2. The number of fused-ring (bicyclic) bond motifs is 1. The molecule has 2 aromatic rings. The Morgan fingerprint density at radius 1 is 1.40 bits per heavy atom. The second-order valence-corrected chi connectivity index (χ2v) is 2.38. The second kappa shape index (κ2) is 1.91. The number of nitrogens with zero attached hydrogens (tertiary/aromatic N) is 1. The SMILES string of the molecule is S=c1ncc2[nH]ccc2[nH]1. The third kappa shape index (κ3) is 0.733. The monoisotopic (exact) mass is 151 g/mol. The van der Waals surface area contributed by atoms with Crippen LogP contribution in [0.5, 0.6) is 0 Å². The summed E-state index contributed by atoms with van der Waals surface area (Å²) in [5.74, 6) is 0. The predicted octanol–water partition coefficient (Wildman–Crippen LogP) is 1.62. The van der Waals surface area contributed by atoms with Gasteiger partial charge in [-0.15, -0.1) is 0 Å². The van der Waals surface area contributed by atoms with Crippen LogP contribution in [0.4, 0.5) is 0 Å². The summed E-state index contributed by atoms with van der Waals surface area (Å²) in [5, 5.41) is 0. The van der Waals surface area contributed by atoms with Gasteiger partial charge in [-0.3, -0.25) is 0 Å². The Morgan fingerprint density at radius 3 is 3.20 bits per heavy atom. The van der Waals surface area contributed by atoms with Gasteiger partial charge < -0.3 is 9.97 Å². The number of nitrogens with one attached hydrogen (secondary N) is 2. The fourth-order valence-corrected chi connectivity index (χ4v) is 1.03. The lowest BCUT2D eigenvalue weighted by Crippen LogP contribution is -1.79. The number of aromatic nitrogens is 3. The average molecular weight is 151 g/mol. The largest absolute Gasteiger partial charge is 0.359 e. The fraction of sp³-hybridized carbons (Fsp3) is 0. The molecular formula is C6H5N3S. The molecule has 0 aliphatic carbocycles. The molecule has 0 aliphatic rings. The van der Waals surface area contributed by atoms with Crippen molar-refractivity contribution in [3.05, 3.63) is 23.2 Å². The topological polar surface area (TPSA) is 44.5 Å². The van der Waals surface area contributed by atoms with Crippen molar-refractivity contribution in [3.63, 3.8) is 0 Å². The molecule has 4 heteroatoms. The van der Waals surface area contributed by atoms with Gasteiger partial charge in [-0.25, -0.2) is 4.98 Å². The minimum Gasteiger partial charge on any atom is -0.359 e. The van der Waals surface area contributed by atoms with E-state index in [2.05, 4.69) is 15.0 Å². The molecule has 2 rings (SSSR count). The van der Waals surface area contributed by atoms with E-state index in [1.165, 1.54) is 0 Å². The van der Waals surface area contributed by atoms with Crippen LogP contribution in [0.1, 0.15) is 0 Å². The highest BCUT2D eigenvalue weighted by Crippen LogP contribution is 2.04. The highest BCUT2D eigenvalue weighted by atomic mass is 32.1. The standard InChI is InChI=1S/C6H5N3S/c10-6-8-3-5-4(9-6)1-2-7-5/h1-3,7H,(H,8,9,10). The van der Waals surface area contributed by atoms with Gasteiger partial charge in [0.2, 0.25) is 0 Å². The molecule has 0 bridgehead atoms. The molecule has 0 radical (unpaired) electrons. The number of rotatable bonds is 0. The van der Waals surface area contributed by atoms with Crippen molar-refractivity contribution in [1.29, 1.82) is 0 Å². The third-order valence-electron chi connectivity index (χ3n) is 1.33. The summed E-state index contributed by atoms with van der Waals surface area (Å²) in [5.41, 5.74) is 1.98. The van der Waals surface area contributed by atoms with Crippen molar-refractivity contribution in [3.8, 4) is 0 Å². The zero-order valence-electron chi connectivity index (χ0n) is 5.09. The zero-order chi connectivity index (χ0) is 6.97. The Balaban J connectivity index is 2.99. The van der Waals surface area contributed by atoms with Crippen LogP contribution < -0.4 is 0 Å². The van der Waals surface area contributed by atoms with E-state index in [1.807, 2.05) is 12.3 Å². The van der Waals surface area contributed by atoms with Crippen LogP contribution in [-0.4, -0.2) is 15.0 Å². The minimum atomic E-state index is 0.520. The maximum absolute atomic E-state index is 4.82. The van der Waals surface area contributed by atoms with Crippen molar-refractivity contribution in [2.24, 2.45) is 0 Å². The van der Waals surface area contributed by atoms with Crippen LogP contribution in [-0.2, 0) is 0 Å². The second-order valence-electron chi connectivity index (χ2n) is 1.99. The molecule has 0 saturated carbocycles. The molecule has 2 N–H and O–H groups in total. The van der Waals surface area contributed by atoms with Crippen molar-refractivity contribution in [2.75, 3.05) is 0 Å². The van der Waals surface area contributed by atoms with Crippen LogP contribution in [0.25, 0.3) is 11.0 Å². The lowest BCUT2D eigenvalue weighted by Gasteiger charge is -1.85. The number of hydrogen-bond acceptors (Lipinski definition) is 2. The number of H-pyrrole nitrogens is 2. The summed E-state index contributed by atoms with van der Waals surface area (Å²) in [4.78, 5) is 9.86. The van der Waals surface area contributed by atoms with Gasteiger partial charge in [0.1, 0.15) is 0 Å². The summed E-state index contributed by atoms with van der Waals surface area (Å²) >= 11 is 4.82. The van der Waals surface area contributed by atoms with Crippen LogP contribution in [0, 0.1) is 4.77 Å². The van der Waals surface area contributed by atoms with Gasteiger partial charge in [-0.05, 0) is 18.3 Å². The van der Waals surface area contributed by atoms with Crippen molar-refractivity contribution in [2.45, 2.75) is 0 Å². The Labute approximate surface area is 62.1 Å². The highest BCUT2D eigenvalue weighted by Gasteiger charge is 1.90. The average Bonchev–Trinajstić information content (AvgIpc) is 2.33. The van der Waals surface area contributed by atoms with E-state index in [-0.39, 0.29) is 0 Å². The molecule has 0 fully saturated rings. The maximum Gasteiger partial charge on any atom is 0.197 e. The number of hydrogen-bond donors (Lipinski definition) is 2. The van der Waals surface area contributed by atoms with E-state index < -0.39 is 0 Å². The van der Waals surface area contributed by atoms with Gasteiger partial charge in [0.25, 0.3) is 0 Å². The van der Waals surface area contributed by atoms with Gasteiger partial charge >= 0.3 is 0 Å². The molecule has 0 aromatic carbocycles. The Morgan fingerprint density at radius 2 is 2.30 bits per heavy atom. The zero-order valence-corrected chi connectivity index (χ0v) is 5.90. The molecule has 2 heterocycles. The first kappa shape index (κ1) is 5.61. The first-order chi connectivity index (χ1) is 4.86. The normalized spacial score (nSPS) is 10.4. The molecular weight excluding hydrogens is 146 g/mol. The van der Waals surface area contributed by atoms with Crippen molar-refractivity contribution >= 4 is 23.3 Å². The molecule has 2 aromatic heterocycles. The summed E-state index contributed by atoms with van der Waals surface area (Å²) in [6.07, 6.45) is 3.56. The van der Waals surface area contributed by atoms with E-state index in [1.54, 1.807) is 6.20 Å². The van der Waals surface area contributed by atoms with E-state index in [0.29, 0.717) is 4.77 Å². The van der Waals surface area contributed by atoms with E-state index >= 15 is 0 Å². The lowest BCUT2D eigenvalue weighted by molar-refractivity contribution is 1.18. The molecule has 0 atom stereocenters. The summed E-state index contributed by atoms with van der Waals surface area (Å²) in [6.45, 7) is 0. The first-order valence-corrected chi connectivity index (χ1v) is 3.29.